The highest BCUT2D eigenvalue weighted by molar-refractivity contribution is 5.92. The highest BCUT2D eigenvalue weighted by atomic mass is 16.5. The predicted octanol–water partition coefficient (Wildman–Crippen LogP) is 3.52. The van der Waals surface area contributed by atoms with Gasteiger partial charge in [-0.05, 0) is 36.1 Å². The Hall–Kier alpha value is -1.67. The molecule has 0 saturated carbocycles. The van der Waals surface area contributed by atoms with Crippen molar-refractivity contribution in [1.82, 2.24) is 0 Å². The van der Waals surface area contributed by atoms with Crippen molar-refractivity contribution in [2.24, 2.45) is 0 Å². The van der Waals surface area contributed by atoms with Crippen molar-refractivity contribution in [3.05, 3.63) is 48.0 Å². The lowest BCUT2D eigenvalue weighted by atomic mass is 9.98. The first kappa shape index (κ1) is 12.4. The number of rotatable bonds is 3. The van der Waals surface area contributed by atoms with Gasteiger partial charge in [0.2, 0.25) is 0 Å². The van der Waals surface area contributed by atoms with E-state index in [1.165, 1.54) is 10.8 Å². The number of ketones is 1. The monoisotopic (exact) mass is 254 g/mol. The molecule has 0 amide bonds. The number of ether oxygens (including phenoxy) is 1. The summed E-state index contributed by atoms with van der Waals surface area (Å²) in [7, 11) is 0. The summed E-state index contributed by atoms with van der Waals surface area (Å²) >= 11 is 0. The summed E-state index contributed by atoms with van der Waals surface area (Å²) in [5, 5.41) is 2.36. The molecule has 19 heavy (non-hydrogen) atoms. The van der Waals surface area contributed by atoms with Crippen LogP contribution in [0.1, 0.15) is 25.3 Å². The van der Waals surface area contributed by atoms with E-state index in [9.17, 15) is 4.79 Å². The smallest absolute Gasteiger partial charge is 0.165 e. The van der Waals surface area contributed by atoms with Gasteiger partial charge in [0.25, 0.3) is 0 Å². The van der Waals surface area contributed by atoms with E-state index in [0.29, 0.717) is 6.42 Å². The first-order valence-corrected chi connectivity index (χ1v) is 6.89. The molecule has 1 fully saturated rings. The molecule has 1 aliphatic rings. The third-order valence-electron chi connectivity index (χ3n) is 3.84. The molecule has 2 aromatic rings. The van der Waals surface area contributed by atoms with Crippen LogP contribution < -0.4 is 0 Å². The first-order valence-electron chi connectivity index (χ1n) is 6.89. The third-order valence-corrected chi connectivity index (χ3v) is 3.84. The Morgan fingerprint density at radius 1 is 1.16 bits per heavy atom. The van der Waals surface area contributed by atoms with Crippen molar-refractivity contribution in [3.8, 4) is 0 Å². The van der Waals surface area contributed by atoms with Crippen LogP contribution >= 0.6 is 0 Å². The summed E-state index contributed by atoms with van der Waals surface area (Å²) in [5.41, 5.74) is 1.10. The number of Topliss-reactive ketones (excluding diaryl/α,β-unsaturated/α-hetero) is 1. The number of carbonyl (C=O) groups is 1. The maximum Gasteiger partial charge on any atom is 0.165 e. The van der Waals surface area contributed by atoms with Crippen LogP contribution in [0.15, 0.2) is 42.5 Å². The molecule has 2 unspecified atom stereocenters. The molecule has 2 aromatic carbocycles. The maximum absolute atomic E-state index is 12.3. The third kappa shape index (κ3) is 2.54. The average Bonchev–Trinajstić information content (AvgIpc) is 2.86. The Balaban J connectivity index is 1.83. The van der Waals surface area contributed by atoms with E-state index < -0.39 is 0 Å². The fourth-order valence-corrected chi connectivity index (χ4v) is 2.79. The lowest BCUT2D eigenvalue weighted by Gasteiger charge is -2.11. The molecule has 0 bridgehead atoms. The van der Waals surface area contributed by atoms with Gasteiger partial charge in [-0.2, -0.15) is 0 Å². The fraction of sp³-hybridized carbons (Fsp3) is 0.353. The van der Waals surface area contributed by atoms with Gasteiger partial charge in [-0.3, -0.25) is 4.79 Å². The van der Waals surface area contributed by atoms with Crippen LogP contribution in [0.4, 0.5) is 0 Å². The molecule has 0 N–H and O–H groups in total. The molecule has 1 heterocycles. The van der Waals surface area contributed by atoms with Crippen molar-refractivity contribution in [2.45, 2.75) is 38.4 Å². The number of carbonyl (C=O) groups excluding carboxylic acids is 1. The normalized spacial score (nSPS) is 22.8. The fourth-order valence-electron chi connectivity index (χ4n) is 2.79. The second-order valence-electron chi connectivity index (χ2n) is 5.29. The van der Waals surface area contributed by atoms with E-state index in [-0.39, 0.29) is 18.0 Å². The van der Waals surface area contributed by atoms with E-state index >= 15 is 0 Å². The van der Waals surface area contributed by atoms with E-state index in [4.69, 9.17) is 4.74 Å². The standard InChI is InChI=1S/C17H18O2/c1-12-9-10-17(19-12)16(18)11-14-7-4-6-13-5-2-3-8-15(13)14/h2-8,12,17H,9-11H2,1H3. The van der Waals surface area contributed by atoms with Gasteiger partial charge in [-0.1, -0.05) is 42.5 Å². The molecule has 0 radical (unpaired) electrons. The van der Waals surface area contributed by atoms with Gasteiger partial charge in [0.15, 0.2) is 5.78 Å². The summed E-state index contributed by atoms with van der Waals surface area (Å²) in [6.45, 7) is 2.03. The van der Waals surface area contributed by atoms with Gasteiger partial charge in [0.1, 0.15) is 6.10 Å². The second kappa shape index (κ2) is 5.14. The highest BCUT2D eigenvalue weighted by Gasteiger charge is 2.28. The van der Waals surface area contributed by atoms with Crippen LogP contribution in [-0.2, 0) is 16.0 Å². The molecule has 98 valence electrons. The zero-order valence-corrected chi connectivity index (χ0v) is 11.1. The maximum atomic E-state index is 12.3. The van der Waals surface area contributed by atoms with E-state index in [0.717, 1.165) is 18.4 Å². The minimum Gasteiger partial charge on any atom is -0.367 e. The van der Waals surface area contributed by atoms with Crippen molar-refractivity contribution in [1.29, 1.82) is 0 Å². The Kier molecular flexibility index (Phi) is 3.34. The Morgan fingerprint density at radius 3 is 2.74 bits per heavy atom. The summed E-state index contributed by atoms with van der Waals surface area (Å²) in [4.78, 5) is 12.3. The Labute approximate surface area is 113 Å². The molecular weight excluding hydrogens is 236 g/mol. The SMILES string of the molecule is CC1CCC(C(=O)Cc2cccc3ccccc23)O1. The first-order chi connectivity index (χ1) is 9.24. The molecule has 2 heteroatoms. The zero-order valence-electron chi connectivity index (χ0n) is 11.1. The van der Waals surface area contributed by atoms with Gasteiger partial charge in [0, 0.05) is 6.42 Å². The molecule has 0 spiro atoms. The molecule has 0 aromatic heterocycles. The van der Waals surface area contributed by atoms with Gasteiger partial charge < -0.3 is 4.74 Å². The van der Waals surface area contributed by atoms with E-state index in [2.05, 4.69) is 18.2 Å². The summed E-state index contributed by atoms with van der Waals surface area (Å²) in [5.74, 6) is 0.209. The summed E-state index contributed by atoms with van der Waals surface area (Å²) in [6, 6.07) is 14.3. The van der Waals surface area contributed by atoms with Crippen molar-refractivity contribution >= 4 is 16.6 Å². The molecule has 0 aliphatic carbocycles. The zero-order chi connectivity index (χ0) is 13.2. The average molecular weight is 254 g/mol. The molecule has 2 nitrogen and oxygen atoms in total. The number of fused-ring (bicyclic) bond motifs is 1. The van der Waals surface area contributed by atoms with Crippen LogP contribution in [0, 0.1) is 0 Å². The van der Waals surface area contributed by atoms with E-state index in [1.54, 1.807) is 0 Å². The second-order valence-corrected chi connectivity index (χ2v) is 5.29. The largest absolute Gasteiger partial charge is 0.367 e. The Morgan fingerprint density at radius 2 is 1.95 bits per heavy atom. The molecule has 2 atom stereocenters. The van der Waals surface area contributed by atoms with Gasteiger partial charge in [0.05, 0.1) is 6.10 Å². The molecule has 1 aliphatic heterocycles. The van der Waals surface area contributed by atoms with Crippen LogP contribution in [-0.4, -0.2) is 18.0 Å². The highest BCUT2D eigenvalue weighted by Crippen LogP contribution is 2.23. The number of benzene rings is 2. The van der Waals surface area contributed by atoms with Crippen LogP contribution in [0.5, 0.6) is 0 Å². The quantitative estimate of drug-likeness (QED) is 0.837. The number of hydrogen-bond acceptors (Lipinski definition) is 2. The number of hydrogen-bond donors (Lipinski definition) is 0. The van der Waals surface area contributed by atoms with Gasteiger partial charge in [-0.15, -0.1) is 0 Å². The lowest BCUT2D eigenvalue weighted by molar-refractivity contribution is -0.128. The topological polar surface area (TPSA) is 26.3 Å². The van der Waals surface area contributed by atoms with Gasteiger partial charge >= 0.3 is 0 Å². The Bertz CT molecular complexity index is 598. The summed E-state index contributed by atoms with van der Waals surface area (Å²) in [6.07, 6.45) is 2.35. The van der Waals surface area contributed by atoms with Crippen molar-refractivity contribution in [3.63, 3.8) is 0 Å². The van der Waals surface area contributed by atoms with Crippen LogP contribution in [0.2, 0.25) is 0 Å². The van der Waals surface area contributed by atoms with Crippen molar-refractivity contribution < 1.29 is 9.53 Å². The molecule has 1 saturated heterocycles. The molecule has 3 rings (SSSR count). The van der Waals surface area contributed by atoms with Crippen LogP contribution in [0.25, 0.3) is 10.8 Å². The van der Waals surface area contributed by atoms with Gasteiger partial charge in [-0.25, -0.2) is 0 Å². The van der Waals surface area contributed by atoms with Crippen LogP contribution in [0.3, 0.4) is 0 Å². The van der Waals surface area contributed by atoms with E-state index in [1.807, 2.05) is 31.2 Å². The summed E-state index contributed by atoms with van der Waals surface area (Å²) < 4.78 is 5.66. The predicted molar refractivity (Wildman–Crippen MR) is 76.2 cm³/mol. The minimum atomic E-state index is -0.200. The minimum absolute atomic E-state index is 0.200. The lowest BCUT2D eigenvalue weighted by Crippen LogP contribution is -2.22. The molecular formula is C17H18O2. The van der Waals surface area contributed by atoms with Crippen molar-refractivity contribution in [2.75, 3.05) is 0 Å².